The number of ketones is 1. The number of rotatable bonds is 2. The van der Waals surface area contributed by atoms with E-state index in [1.165, 1.54) is 13.1 Å². The molecule has 0 spiro atoms. The third kappa shape index (κ3) is 1.54. The van der Waals surface area contributed by atoms with Gasteiger partial charge >= 0.3 is 0 Å². The van der Waals surface area contributed by atoms with Crippen LogP contribution in [0.3, 0.4) is 0 Å². The first-order chi connectivity index (χ1) is 7.63. The molecule has 0 bridgehead atoms. The molecule has 0 atom stereocenters. The van der Waals surface area contributed by atoms with E-state index in [9.17, 15) is 14.4 Å². The monoisotopic (exact) mass is 215 g/mol. The highest BCUT2D eigenvalue weighted by Gasteiger charge is 2.08. The second kappa shape index (κ2) is 3.73. The summed E-state index contributed by atoms with van der Waals surface area (Å²) in [6.45, 7) is 1.34. The summed E-state index contributed by atoms with van der Waals surface area (Å²) in [6.07, 6.45) is 2.08. The molecule has 0 aliphatic carbocycles. The standard InChI is InChI=1S/C12H9NO3/c1-7(15)10-5-13-11-4-8(6-14)2-3-9(11)12(10)16/h2-6H,1H3,(H,13,16). The van der Waals surface area contributed by atoms with Gasteiger partial charge in [0, 0.05) is 17.1 Å². The van der Waals surface area contributed by atoms with Crippen molar-refractivity contribution in [3.63, 3.8) is 0 Å². The van der Waals surface area contributed by atoms with E-state index in [1.807, 2.05) is 0 Å². The predicted octanol–water partition coefficient (Wildman–Crippen LogP) is 1.54. The lowest BCUT2D eigenvalue weighted by Crippen LogP contribution is -2.13. The van der Waals surface area contributed by atoms with Crippen molar-refractivity contribution in [1.29, 1.82) is 0 Å². The molecule has 2 rings (SSSR count). The molecule has 1 heterocycles. The Kier molecular flexibility index (Phi) is 2.40. The van der Waals surface area contributed by atoms with Crippen LogP contribution in [-0.4, -0.2) is 17.1 Å². The number of Topliss-reactive ketones (excluding diaryl/α,β-unsaturated/α-hetero) is 1. The van der Waals surface area contributed by atoms with E-state index in [1.54, 1.807) is 18.2 Å². The molecule has 0 radical (unpaired) electrons. The van der Waals surface area contributed by atoms with Crippen LogP contribution in [0.15, 0.2) is 29.2 Å². The normalized spacial score (nSPS) is 10.3. The minimum atomic E-state index is -0.307. The minimum absolute atomic E-state index is 0.131. The maximum absolute atomic E-state index is 11.8. The molecule has 2 aromatic rings. The van der Waals surface area contributed by atoms with Crippen LogP contribution < -0.4 is 5.43 Å². The molecule has 1 aromatic heterocycles. The van der Waals surface area contributed by atoms with Crippen molar-refractivity contribution < 1.29 is 9.59 Å². The number of carbonyl (C=O) groups is 2. The van der Waals surface area contributed by atoms with Gasteiger partial charge in [0.2, 0.25) is 0 Å². The lowest BCUT2D eigenvalue weighted by Gasteiger charge is -2.00. The van der Waals surface area contributed by atoms with Gasteiger partial charge in [-0.2, -0.15) is 0 Å². The highest BCUT2D eigenvalue weighted by Crippen LogP contribution is 2.10. The SMILES string of the molecule is CC(=O)c1c[nH]c2cc(C=O)ccc2c1=O. The summed E-state index contributed by atoms with van der Waals surface area (Å²) in [5.41, 5.74) is 0.864. The fourth-order valence-corrected chi connectivity index (χ4v) is 1.57. The highest BCUT2D eigenvalue weighted by atomic mass is 16.1. The largest absolute Gasteiger partial charge is 0.360 e. The van der Waals surface area contributed by atoms with Crippen LogP contribution in [0.25, 0.3) is 10.9 Å². The lowest BCUT2D eigenvalue weighted by atomic mass is 10.1. The number of aromatic amines is 1. The molecule has 1 aromatic carbocycles. The van der Waals surface area contributed by atoms with Crippen LogP contribution in [-0.2, 0) is 0 Å². The molecule has 4 heteroatoms. The van der Waals surface area contributed by atoms with Crippen LogP contribution in [0, 0.1) is 0 Å². The number of fused-ring (bicyclic) bond motifs is 1. The van der Waals surface area contributed by atoms with Crippen molar-refractivity contribution in [2.45, 2.75) is 6.92 Å². The molecule has 80 valence electrons. The van der Waals surface area contributed by atoms with Crippen LogP contribution in [0.2, 0.25) is 0 Å². The Balaban J connectivity index is 2.82. The zero-order valence-electron chi connectivity index (χ0n) is 8.61. The molecule has 4 nitrogen and oxygen atoms in total. The Hall–Kier alpha value is -2.23. The van der Waals surface area contributed by atoms with Gasteiger partial charge in [0.25, 0.3) is 0 Å². The van der Waals surface area contributed by atoms with Crippen molar-refractivity contribution in [1.82, 2.24) is 4.98 Å². The van der Waals surface area contributed by atoms with Gasteiger partial charge in [-0.05, 0) is 19.1 Å². The number of pyridine rings is 1. The third-order valence-corrected chi connectivity index (χ3v) is 2.42. The number of hydrogen-bond acceptors (Lipinski definition) is 3. The topological polar surface area (TPSA) is 67.0 Å². The number of nitrogens with one attached hydrogen (secondary N) is 1. The van der Waals surface area contributed by atoms with E-state index in [0.717, 1.165) is 0 Å². The quantitative estimate of drug-likeness (QED) is 0.610. The fourth-order valence-electron chi connectivity index (χ4n) is 1.57. The molecule has 0 aliphatic heterocycles. The Labute approximate surface area is 90.9 Å². The van der Waals surface area contributed by atoms with Gasteiger partial charge in [-0.1, -0.05) is 6.07 Å². The van der Waals surface area contributed by atoms with Crippen LogP contribution in [0.4, 0.5) is 0 Å². The first kappa shape index (κ1) is 10.3. The Morgan fingerprint density at radius 3 is 2.75 bits per heavy atom. The molecule has 0 unspecified atom stereocenters. The highest BCUT2D eigenvalue weighted by molar-refractivity contribution is 5.97. The van der Waals surface area contributed by atoms with Crippen molar-refractivity contribution in [3.8, 4) is 0 Å². The average Bonchev–Trinajstić information content (AvgIpc) is 2.28. The predicted molar refractivity (Wildman–Crippen MR) is 60.0 cm³/mol. The smallest absolute Gasteiger partial charge is 0.200 e. The number of carbonyl (C=O) groups excluding carboxylic acids is 2. The second-order valence-electron chi connectivity index (χ2n) is 3.51. The van der Waals surface area contributed by atoms with Crippen LogP contribution in [0.5, 0.6) is 0 Å². The zero-order chi connectivity index (χ0) is 11.7. The van der Waals surface area contributed by atoms with Gasteiger partial charge in [-0.25, -0.2) is 0 Å². The molecular formula is C12H9NO3. The summed E-state index contributed by atoms with van der Waals surface area (Å²) in [4.78, 5) is 36.4. The Morgan fingerprint density at radius 1 is 1.38 bits per heavy atom. The zero-order valence-corrected chi connectivity index (χ0v) is 8.61. The first-order valence-corrected chi connectivity index (χ1v) is 4.75. The summed E-state index contributed by atoms with van der Waals surface area (Å²) < 4.78 is 0. The number of H-pyrrole nitrogens is 1. The summed E-state index contributed by atoms with van der Waals surface area (Å²) in [7, 11) is 0. The van der Waals surface area contributed by atoms with Crippen molar-refractivity contribution >= 4 is 23.0 Å². The van der Waals surface area contributed by atoms with Crippen molar-refractivity contribution in [2.75, 3.05) is 0 Å². The van der Waals surface area contributed by atoms with Gasteiger partial charge in [0.1, 0.15) is 6.29 Å². The summed E-state index contributed by atoms with van der Waals surface area (Å²) in [5, 5.41) is 0.415. The summed E-state index contributed by atoms with van der Waals surface area (Å²) in [5.74, 6) is -0.275. The number of benzene rings is 1. The Bertz CT molecular complexity index is 640. The van der Waals surface area contributed by atoms with Gasteiger partial charge < -0.3 is 4.98 Å². The van der Waals surface area contributed by atoms with Crippen molar-refractivity contribution in [2.24, 2.45) is 0 Å². The molecule has 0 saturated carbocycles. The van der Waals surface area contributed by atoms with Gasteiger partial charge in [0.15, 0.2) is 11.2 Å². The maximum atomic E-state index is 11.8. The van der Waals surface area contributed by atoms with E-state index in [-0.39, 0.29) is 16.8 Å². The lowest BCUT2D eigenvalue weighted by molar-refractivity contribution is 0.101. The number of aromatic nitrogens is 1. The van der Waals surface area contributed by atoms with Gasteiger partial charge in [-0.3, -0.25) is 14.4 Å². The number of hydrogen-bond donors (Lipinski definition) is 1. The van der Waals surface area contributed by atoms with E-state index in [2.05, 4.69) is 4.98 Å². The van der Waals surface area contributed by atoms with Crippen molar-refractivity contribution in [3.05, 3.63) is 45.7 Å². The van der Waals surface area contributed by atoms with E-state index >= 15 is 0 Å². The minimum Gasteiger partial charge on any atom is -0.360 e. The van der Waals surface area contributed by atoms with Crippen LogP contribution >= 0.6 is 0 Å². The molecule has 0 aliphatic rings. The molecule has 0 amide bonds. The van der Waals surface area contributed by atoms with E-state index < -0.39 is 0 Å². The second-order valence-corrected chi connectivity index (χ2v) is 3.51. The molecular weight excluding hydrogens is 206 g/mol. The summed E-state index contributed by atoms with van der Waals surface area (Å²) in [6, 6.07) is 4.67. The average molecular weight is 215 g/mol. The maximum Gasteiger partial charge on any atom is 0.200 e. The Morgan fingerprint density at radius 2 is 2.12 bits per heavy atom. The molecule has 1 N–H and O–H groups in total. The van der Waals surface area contributed by atoms with E-state index in [0.29, 0.717) is 22.8 Å². The number of aldehydes is 1. The van der Waals surface area contributed by atoms with E-state index in [4.69, 9.17) is 0 Å². The van der Waals surface area contributed by atoms with Crippen LogP contribution in [0.1, 0.15) is 27.6 Å². The summed E-state index contributed by atoms with van der Waals surface area (Å²) >= 11 is 0. The molecule has 0 fully saturated rings. The molecule has 16 heavy (non-hydrogen) atoms. The molecule has 0 saturated heterocycles. The first-order valence-electron chi connectivity index (χ1n) is 4.75. The van der Waals surface area contributed by atoms with Gasteiger partial charge in [-0.15, -0.1) is 0 Å². The fraction of sp³-hybridized carbons (Fsp3) is 0.0833. The van der Waals surface area contributed by atoms with Gasteiger partial charge in [0.05, 0.1) is 11.1 Å². The third-order valence-electron chi connectivity index (χ3n) is 2.42.